The van der Waals surface area contributed by atoms with Crippen molar-refractivity contribution in [1.82, 2.24) is 25.3 Å². The van der Waals surface area contributed by atoms with Crippen LogP contribution in [0.25, 0.3) is 0 Å². The number of nitrogens with one attached hydrogen (secondary N) is 2. The first kappa shape index (κ1) is 17.8. The molecule has 2 N–H and O–H groups in total. The van der Waals surface area contributed by atoms with Crippen molar-refractivity contribution in [1.29, 1.82) is 0 Å². The summed E-state index contributed by atoms with van der Waals surface area (Å²) in [6.07, 6.45) is 3.75. The van der Waals surface area contributed by atoms with Crippen LogP contribution in [0.15, 0.2) is 11.1 Å². The van der Waals surface area contributed by atoms with Gasteiger partial charge in [0.2, 0.25) is 0 Å². The summed E-state index contributed by atoms with van der Waals surface area (Å²) in [6.45, 7) is 6.93. The van der Waals surface area contributed by atoms with Gasteiger partial charge in [-0.05, 0) is 59.2 Å². The SMILES string of the molecule is CN=C(NCCCn1nc(C)cc1C)NCC(C1CC1)N(C)C. The van der Waals surface area contributed by atoms with Crippen LogP contribution in [-0.2, 0) is 6.54 Å². The molecular weight excluding hydrogens is 288 g/mol. The van der Waals surface area contributed by atoms with Crippen molar-refractivity contribution in [3.8, 4) is 0 Å². The Morgan fingerprint density at radius 3 is 2.65 bits per heavy atom. The molecule has 1 heterocycles. The van der Waals surface area contributed by atoms with Gasteiger partial charge in [-0.15, -0.1) is 0 Å². The Morgan fingerprint density at radius 1 is 1.39 bits per heavy atom. The molecule has 1 atom stereocenters. The van der Waals surface area contributed by atoms with Gasteiger partial charge in [-0.1, -0.05) is 0 Å². The summed E-state index contributed by atoms with van der Waals surface area (Å²) in [5.41, 5.74) is 2.31. The summed E-state index contributed by atoms with van der Waals surface area (Å²) < 4.78 is 2.07. The van der Waals surface area contributed by atoms with E-state index in [0.717, 1.165) is 43.6 Å². The van der Waals surface area contributed by atoms with E-state index in [1.165, 1.54) is 18.5 Å². The van der Waals surface area contributed by atoms with E-state index >= 15 is 0 Å². The summed E-state index contributed by atoms with van der Waals surface area (Å²) in [6, 6.07) is 2.72. The second-order valence-electron chi connectivity index (χ2n) is 6.75. The van der Waals surface area contributed by atoms with Gasteiger partial charge >= 0.3 is 0 Å². The van der Waals surface area contributed by atoms with Crippen molar-refractivity contribution in [3.63, 3.8) is 0 Å². The third kappa shape index (κ3) is 5.53. The minimum Gasteiger partial charge on any atom is -0.356 e. The van der Waals surface area contributed by atoms with Crippen LogP contribution in [0.5, 0.6) is 0 Å². The van der Waals surface area contributed by atoms with E-state index in [9.17, 15) is 0 Å². The standard InChI is InChI=1S/C17H32N6/c1-13-11-14(2)23(21-13)10-6-9-19-17(18-3)20-12-16(22(4)5)15-7-8-15/h11,15-16H,6-10,12H2,1-5H3,(H2,18,19,20). The first-order chi connectivity index (χ1) is 11.0. The van der Waals surface area contributed by atoms with Gasteiger partial charge < -0.3 is 15.5 Å². The average molecular weight is 320 g/mol. The average Bonchev–Trinajstić information content (AvgIpc) is 3.27. The van der Waals surface area contributed by atoms with Crippen molar-refractivity contribution in [2.45, 2.75) is 45.7 Å². The molecule has 1 aliphatic carbocycles. The van der Waals surface area contributed by atoms with Crippen molar-refractivity contribution in [2.24, 2.45) is 10.9 Å². The molecule has 2 rings (SSSR count). The lowest BCUT2D eigenvalue weighted by atomic mass is 10.1. The Labute approximate surface area is 140 Å². The molecule has 6 heteroatoms. The fourth-order valence-electron chi connectivity index (χ4n) is 3.01. The monoisotopic (exact) mass is 320 g/mol. The lowest BCUT2D eigenvalue weighted by molar-refractivity contribution is 0.264. The summed E-state index contributed by atoms with van der Waals surface area (Å²) in [7, 11) is 6.16. The molecular formula is C17H32N6. The number of aryl methyl sites for hydroxylation is 3. The number of aromatic nitrogens is 2. The number of hydrogen-bond donors (Lipinski definition) is 2. The second kappa shape index (κ2) is 8.34. The van der Waals surface area contributed by atoms with Crippen LogP contribution < -0.4 is 10.6 Å². The lowest BCUT2D eigenvalue weighted by Gasteiger charge is -2.25. The number of likely N-dealkylation sites (N-methyl/N-ethyl adjacent to an activating group) is 1. The Kier molecular flexibility index (Phi) is 6.45. The van der Waals surface area contributed by atoms with Crippen molar-refractivity contribution < 1.29 is 0 Å². The zero-order valence-corrected chi connectivity index (χ0v) is 15.3. The summed E-state index contributed by atoms with van der Waals surface area (Å²) in [5.74, 6) is 1.74. The predicted octanol–water partition coefficient (Wildman–Crippen LogP) is 1.40. The lowest BCUT2D eigenvalue weighted by Crippen LogP contribution is -2.46. The Bertz CT molecular complexity index is 513. The van der Waals surface area contributed by atoms with E-state index in [2.05, 4.69) is 57.4 Å². The van der Waals surface area contributed by atoms with Crippen molar-refractivity contribution >= 4 is 5.96 Å². The molecule has 0 amide bonds. The molecule has 0 spiro atoms. The minimum absolute atomic E-state index is 0.600. The van der Waals surface area contributed by atoms with Crippen LogP contribution >= 0.6 is 0 Å². The Morgan fingerprint density at radius 2 is 2.13 bits per heavy atom. The first-order valence-electron chi connectivity index (χ1n) is 8.63. The molecule has 130 valence electrons. The highest BCUT2D eigenvalue weighted by atomic mass is 15.3. The molecule has 6 nitrogen and oxygen atoms in total. The third-order valence-corrected chi connectivity index (χ3v) is 4.47. The zero-order valence-electron chi connectivity index (χ0n) is 15.3. The van der Waals surface area contributed by atoms with E-state index in [1.54, 1.807) is 0 Å². The van der Waals surface area contributed by atoms with Crippen molar-refractivity contribution in [3.05, 3.63) is 17.5 Å². The Hall–Kier alpha value is -1.56. The largest absolute Gasteiger partial charge is 0.356 e. The number of rotatable bonds is 8. The summed E-state index contributed by atoms with van der Waals surface area (Å²) >= 11 is 0. The van der Waals surface area contributed by atoms with E-state index in [4.69, 9.17) is 0 Å². The maximum atomic E-state index is 4.49. The predicted molar refractivity (Wildman–Crippen MR) is 95.9 cm³/mol. The van der Waals surface area contributed by atoms with Gasteiger partial charge in [0, 0.05) is 38.4 Å². The molecule has 0 bridgehead atoms. The molecule has 1 aromatic heterocycles. The quantitative estimate of drug-likeness (QED) is 0.432. The van der Waals surface area contributed by atoms with Gasteiger partial charge in [-0.3, -0.25) is 9.67 Å². The fraction of sp³-hybridized carbons (Fsp3) is 0.765. The summed E-state index contributed by atoms with van der Waals surface area (Å²) in [4.78, 5) is 6.64. The molecule has 0 aromatic carbocycles. The zero-order chi connectivity index (χ0) is 16.8. The van der Waals surface area contributed by atoms with Crippen LogP contribution in [0.2, 0.25) is 0 Å². The fourth-order valence-corrected chi connectivity index (χ4v) is 3.01. The molecule has 1 unspecified atom stereocenters. The van der Waals surface area contributed by atoms with Gasteiger partial charge in [-0.2, -0.15) is 5.10 Å². The van der Waals surface area contributed by atoms with Gasteiger partial charge in [-0.25, -0.2) is 0 Å². The van der Waals surface area contributed by atoms with Crippen LogP contribution in [0.4, 0.5) is 0 Å². The van der Waals surface area contributed by atoms with Gasteiger partial charge in [0.15, 0.2) is 5.96 Å². The van der Waals surface area contributed by atoms with Gasteiger partial charge in [0.1, 0.15) is 0 Å². The van der Waals surface area contributed by atoms with Gasteiger partial charge in [0.05, 0.1) is 5.69 Å². The normalized spacial score (nSPS) is 16.7. The maximum Gasteiger partial charge on any atom is 0.191 e. The second-order valence-corrected chi connectivity index (χ2v) is 6.75. The third-order valence-electron chi connectivity index (χ3n) is 4.47. The molecule has 0 saturated heterocycles. The highest BCUT2D eigenvalue weighted by Gasteiger charge is 2.32. The topological polar surface area (TPSA) is 57.5 Å². The van der Waals surface area contributed by atoms with E-state index in [0.29, 0.717) is 6.04 Å². The smallest absolute Gasteiger partial charge is 0.191 e. The van der Waals surface area contributed by atoms with Crippen LogP contribution in [0.1, 0.15) is 30.7 Å². The van der Waals surface area contributed by atoms with Crippen LogP contribution in [0, 0.1) is 19.8 Å². The first-order valence-corrected chi connectivity index (χ1v) is 8.63. The highest BCUT2D eigenvalue weighted by molar-refractivity contribution is 5.79. The Balaban J connectivity index is 1.67. The molecule has 1 fully saturated rings. The maximum absolute atomic E-state index is 4.49. The number of aliphatic imine (C=N–C) groups is 1. The number of guanidine groups is 1. The molecule has 0 radical (unpaired) electrons. The van der Waals surface area contributed by atoms with Crippen LogP contribution in [-0.4, -0.2) is 60.9 Å². The number of nitrogens with zero attached hydrogens (tertiary/aromatic N) is 4. The van der Waals surface area contributed by atoms with Gasteiger partial charge in [0.25, 0.3) is 0 Å². The van der Waals surface area contributed by atoms with E-state index in [-0.39, 0.29) is 0 Å². The molecule has 23 heavy (non-hydrogen) atoms. The highest BCUT2D eigenvalue weighted by Crippen LogP contribution is 2.34. The van der Waals surface area contributed by atoms with E-state index < -0.39 is 0 Å². The van der Waals surface area contributed by atoms with E-state index in [1.807, 2.05) is 14.0 Å². The van der Waals surface area contributed by atoms with Crippen molar-refractivity contribution in [2.75, 3.05) is 34.2 Å². The van der Waals surface area contributed by atoms with Crippen LogP contribution in [0.3, 0.4) is 0 Å². The molecule has 1 aliphatic rings. The minimum atomic E-state index is 0.600. The number of hydrogen-bond acceptors (Lipinski definition) is 3. The molecule has 1 aromatic rings. The summed E-state index contributed by atoms with van der Waals surface area (Å²) in [5, 5.41) is 11.3. The molecule has 1 saturated carbocycles. The molecule has 0 aliphatic heterocycles.